The number of rotatable bonds is 0. The summed E-state index contributed by atoms with van der Waals surface area (Å²) in [5.74, 6) is 0. The van der Waals surface area contributed by atoms with Gasteiger partial charge in [-0.2, -0.15) is 31.6 Å². The summed E-state index contributed by atoms with van der Waals surface area (Å²) < 4.78 is 74.4. The average Bonchev–Trinajstić information content (AvgIpc) is 2.13. The Morgan fingerprint density at radius 3 is 1.76 bits per heavy atom. The first-order chi connectivity index (χ1) is 7.59. The van der Waals surface area contributed by atoms with E-state index >= 15 is 0 Å². The summed E-state index contributed by atoms with van der Waals surface area (Å²) in [6.45, 7) is 0. The Bertz CT molecular complexity index is 482. The fourth-order valence-corrected chi connectivity index (χ4v) is 1.80. The predicted molar refractivity (Wildman–Crippen MR) is 48.9 cm³/mol. The molecular weight excluding hydrogens is 316 g/mol. The Morgan fingerprint density at radius 2 is 1.41 bits per heavy atom. The molecule has 0 heterocycles. The van der Waals surface area contributed by atoms with Gasteiger partial charge >= 0.3 is 12.4 Å². The average molecular weight is 318 g/mol. The number of alkyl halides is 6. The standard InChI is InChI=1S/C9H2BrF6N/c10-5-2-1-4(3-17)6(8(11,12)13)7(5)9(14,15)16/h1-2H. The van der Waals surface area contributed by atoms with E-state index in [0.29, 0.717) is 6.07 Å². The second-order valence-electron chi connectivity index (χ2n) is 2.95. The number of hydrogen-bond acceptors (Lipinski definition) is 1. The third kappa shape index (κ3) is 2.72. The Kier molecular flexibility index (Phi) is 3.43. The van der Waals surface area contributed by atoms with E-state index in [1.54, 1.807) is 0 Å². The lowest BCUT2D eigenvalue weighted by atomic mass is 10.0. The van der Waals surface area contributed by atoms with Crippen molar-refractivity contribution in [1.82, 2.24) is 0 Å². The van der Waals surface area contributed by atoms with Crippen LogP contribution in [-0.2, 0) is 12.4 Å². The van der Waals surface area contributed by atoms with Crippen molar-refractivity contribution in [2.75, 3.05) is 0 Å². The zero-order valence-electron chi connectivity index (χ0n) is 7.75. The second kappa shape index (κ2) is 4.22. The lowest BCUT2D eigenvalue weighted by molar-refractivity contribution is -0.162. The normalized spacial score (nSPS) is 12.4. The Morgan fingerprint density at radius 1 is 0.941 bits per heavy atom. The van der Waals surface area contributed by atoms with Crippen molar-refractivity contribution >= 4 is 15.9 Å². The third-order valence-corrected chi connectivity index (χ3v) is 2.50. The molecule has 0 saturated carbocycles. The van der Waals surface area contributed by atoms with E-state index in [1.807, 2.05) is 0 Å². The van der Waals surface area contributed by atoms with E-state index in [-0.39, 0.29) is 0 Å². The zero-order chi connectivity index (χ0) is 13.4. The van der Waals surface area contributed by atoms with Crippen LogP contribution in [0.15, 0.2) is 16.6 Å². The van der Waals surface area contributed by atoms with Crippen molar-refractivity contribution in [1.29, 1.82) is 5.26 Å². The fourth-order valence-electron chi connectivity index (χ4n) is 1.24. The molecule has 1 aromatic carbocycles. The number of benzene rings is 1. The van der Waals surface area contributed by atoms with Gasteiger partial charge in [-0.3, -0.25) is 0 Å². The van der Waals surface area contributed by atoms with Gasteiger partial charge in [0, 0.05) is 4.47 Å². The van der Waals surface area contributed by atoms with E-state index in [2.05, 4.69) is 15.9 Å². The van der Waals surface area contributed by atoms with Gasteiger partial charge < -0.3 is 0 Å². The van der Waals surface area contributed by atoms with Crippen molar-refractivity contribution in [2.45, 2.75) is 12.4 Å². The van der Waals surface area contributed by atoms with Crippen LogP contribution in [0, 0.1) is 11.3 Å². The van der Waals surface area contributed by atoms with E-state index in [1.165, 1.54) is 0 Å². The van der Waals surface area contributed by atoms with Crippen LogP contribution in [0.3, 0.4) is 0 Å². The van der Waals surface area contributed by atoms with Crippen LogP contribution in [0.4, 0.5) is 26.3 Å². The molecule has 0 aliphatic rings. The Hall–Kier alpha value is -1.23. The maximum Gasteiger partial charge on any atom is 0.418 e. The molecule has 92 valence electrons. The van der Waals surface area contributed by atoms with Crippen LogP contribution in [0.2, 0.25) is 0 Å². The molecular formula is C9H2BrF6N. The maximum absolute atomic E-state index is 12.5. The Balaban J connectivity index is 3.75. The van der Waals surface area contributed by atoms with Crippen molar-refractivity contribution in [3.05, 3.63) is 33.3 Å². The first-order valence-electron chi connectivity index (χ1n) is 3.96. The van der Waals surface area contributed by atoms with Crippen molar-refractivity contribution in [3.8, 4) is 6.07 Å². The second-order valence-corrected chi connectivity index (χ2v) is 3.81. The zero-order valence-corrected chi connectivity index (χ0v) is 9.33. The van der Waals surface area contributed by atoms with Crippen molar-refractivity contribution in [3.63, 3.8) is 0 Å². The van der Waals surface area contributed by atoms with Crippen LogP contribution in [0.1, 0.15) is 16.7 Å². The van der Waals surface area contributed by atoms with Gasteiger partial charge in [0.2, 0.25) is 0 Å². The monoisotopic (exact) mass is 317 g/mol. The highest BCUT2D eigenvalue weighted by atomic mass is 79.9. The molecule has 0 aliphatic heterocycles. The highest BCUT2D eigenvalue weighted by Gasteiger charge is 2.46. The van der Waals surface area contributed by atoms with Crippen LogP contribution in [0.25, 0.3) is 0 Å². The van der Waals surface area contributed by atoms with Gasteiger partial charge in [-0.05, 0) is 12.1 Å². The summed E-state index contributed by atoms with van der Waals surface area (Å²) in [6, 6.07) is 2.54. The number of halogens is 7. The molecule has 0 fully saturated rings. The van der Waals surface area contributed by atoms with Crippen LogP contribution in [-0.4, -0.2) is 0 Å². The topological polar surface area (TPSA) is 23.8 Å². The Labute approximate surface area is 99.8 Å². The van der Waals surface area contributed by atoms with Crippen LogP contribution >= 0.6 is 15.9 Å². The molecule has 0 amide bonds. The SMILES string of the molecule is N#Cc1ccc(Br)c(C(F)(F)F)c1C(F)(F)F. The highest BCUT2D eigenvalue weighted by Crippen LogP contribution is 2.45. The molecule has 1 nitrogen and oxygen atoms in total. The van der Waals surface area contributed by atoms with Gasteiger partial charge in [-0.15, -0.1) is 0 Å². The lowest BCUT2D eigenvalue weighted by Crippen LogP contribution is -2.19. The largest absolute Gasteiger partial charge is 0.418 e. The summed E-state index contributed by atoms with van der Waals surface area (Å²) in [4.78, 5) is 0. The number of hydrogen-bond donors (Lipinski definition) is 0. The molecule has 0 aromatic heterocycles. The minimum absolute atomic E-state index is 0.683. The summed E-state index contributed by atoms with van der Waals surface area (Å²) in [6.07, 6.45) is -10.4. The third-order valence-electron chi connectivity index (χ3n) is 1.84. The maximum atomic E-state index is 12.5. The molecule has 8 heteroatoms. The number of nitrogens with zero attached hydrogens (tertiary/aromatic N) is 1. The van der Waals surface area contributed by atoms with Crippen molar-refractivity contribution in [2.24, 2.45) is 0 Å². The number of nitriles is 1. The van der Waals surface area contributed by atoms with Gasteiger partial charge in [-0.25, -0.2) is 0 Å². The minimum Gasteiger partial charge on any atom is -0.192 e. The highest BCUT2D eigenvalue weighted by molar-refractivity contribution is 9.10. The predicted octanol–water partition coefficient (Wildman–Crippen LogP) is 4.36. The molecule has 0 N–H and O–H groups in total. The summed E-state index contributed by atoms with van der Waals surface area (Å²) >= 11 is 2.41. The van der Waals surface area contributed by atoms with E-state index in [0.717, 1.165) is 12.1 Å². The molecule has 17 heavy (non-hydrogen) atoms. The van der Waals surface area contributed by atoms with Crippen LogP contribution in [0.5, 0.6) is 0 Å². The van der Waals surface area contributed by atoms with Gasteiger partial charge in [0.1, 0.15) is 0 Å². The summed E-state index contributed by atoms with van der Waals surface area (Å²) in [5, 5.41) is 8.43. The summed E-state index contributed by atoms with van der Waals surface area (Å²) in [5.41, 5.74) is -4.92. The van der Waals surface area contributed by atoms with Crippen LogP contribution < -0.4 is 0 Å². The van der Waals surface area contributed by atoms with Gasteiger partial charge in [-0.1, -0.05) is 15.9 Å². The van der Waals surface area contributed by atoms with Gasteiger partial charge in [0.25, 0.3) is 0 Å². The van der Waals surface area contributed by atoms with Gasteiger partial charge in [0.15, 0.2) is 0 Å². The molecule has 0 radical (unpaired) electrons. The molecule has 0 bridgehead atoms. The minimum atomic E-state index is -5.25. The molecule has 0 spiro atoms. The summed E-state index contributed by atoms with van der Waals surface area (Å²) in [7, 11) is 0. The molecule has 0 atom stereocenters. The first-order valence-corrected chi connectivity index (χ1v) is 4.75. The van der Waals surface area contributed by atoms with Crippen molar-refractivity contribution < 1.29 is 26.3 Å². The first kappa shape index (κ1) is 13.8. The van der Waals surface area contributed by atoms with E-state index < -0.39 is 33.5 Å². The molecule has 1 rings (SSSR count). The molecule has 0 aliphatic carbocycles. The smallest absolute Gasteiger partial charge is 0.192 e. The quantitative estimate of drug-likeness (QED) is 0.652. The molecule has 0 unspecified atom stereocenters. The van der Waals surface area contributed by atoms with Gasteiger partial charge in [0.05, 0.1) is 22.8 Å². The lowest BCUT2D eigenvalue weighted by Gasteiger charge is -2.17. The van der Waals surface area contributed by atoms with E-state index in [4.69, 9.17) is 5.26 Å². The molecule has 1 aromatic rings. The van der Waals surface area contributed by atoms with E-state index in [9.17, 15) is 26.3 Å². The molecule has 0 saturated heterocycles. The fraction of sp³-hybridized carbons (Fsp3) is 0.222.